The zero-order valence-electron chi connectivity index (χ0n) is 8.53. The molecule has 2 heteroatoms. The Balaban J connectivity index is 2.59. The van der Waals surface area contributed by atoms with Crippen LogP contribution in [0.4, 0.5) is 0 Å². The van der Waals surface area contributed by atoms with Crippen LogP contribution in [0, 0.1) is 11.3 Å². The zero-order chi connectivity index (χ0) is 10.7. The van der Waals surface area contributed by atoms with Gasteiger partial charge in [-0.3, -0.25) is 0 Å². The van der Waals surface area contributed by atoms with Crippen molar-refractivity contribution in [2.45, 2.75) is 6.42 Å². The molecule has 0 fully saturated rings. The van der Waals surface area contributed by atoms with E-state index in [4.69, 9.17) is 10.00 Å². The third kappa shape index (κ3) is 1.77. The number of rotatable bonds is 2. The fourth-order valence-electron chi connectivity index (χ4n) is 1.68. The molecule has 0 aliphatic rings. The lowest BCUT2D eigenvalue weighted by Crippen LogP contribution is -1.86. The predicted octanol–water partition coefficient (Wildman–Crippen LogP) is 2.91. The lowest BCUT2D eigenvalue weighted by molar-refractivity contribution is 0.420. The van der Waals surface area contributed by atoms with Gasteiger partial charge in [-0.2, -0.15) is 5.26 Å². The van der Waals surface area contributed by atoms with E-state index >= 15 is 0 Å². The lowest BCUT2D eigenvalue weighted by atomic mass is 10.0. The second-order valence-corrected chi connectivity index (χ2v) is 3.35. The molecule has 0 amide bonds. The highest BCUT2D eigenvalue weighted by Crippen LogP contribution is 2.25. The molecule has 0 bridgehead atoms. The standard InChI is InChI=1S/C13H11NO/c1-15-13-4-2-3-11-9-10(7-8-14)5-6-12(11)13/h2-6,9H,7H2,1H3. The molecule has 0 radical (unpaired) electrons. The van der Waals surface area contributed by atoms with Crippen molar-refractivity contribution >= 4 is 10.8 Å². The van der Waals surface area contributed by atoms with Crippen LogP contribution >= 0.6 is 0 Å². The fourth-order valence-corrected chi connectivity index (χ4v) is 1.68. The minimum atomic E-state index is 0.452. The number of benzene rings is 2. The Kier molecular flexibility index (Phi) is 2.55. The average Bonchev–Trinajstić information content (AvgIpc) is 2.28. The summed E-state index contributed by atoms with van der Waals surface area (Å²) >= 11 is 0. The molecule has 2 aromatic rings. The number of nitrogens with zero attached hydrogens (tertiary/aromatic N) is 1. The van der Waals surface area contributed by atoms with E-state index in [0.717, 1.165) is 22.1 Å². The highest BCUT2D eigenvalue weighted by molar-refractivity contribution is 5.88. The summed E-state index contributed by atoms with van der Waals surface area (Å²) < 4.78 is 5.26. The van der Waals surface area contributed by atoms with Gasteiger partial charge in [-0.1, -0.05) is 24.3 Å². The Morgan fingerprint density at radius 3 is 2.87 bits per heavy atom. The topological polar surface area (TPSA) is 33.0 Å². The van der Waals surface area contributed by atoms with Crippen molar-refractivity contribution in [1.82, 2.24) is 0 Å². The fraction of sp³-hybridized carbons (Fsp3) is 0.154. The molecular formula is C13H11NO. The van der Waals surface area contributed by atoms with Gasteiger partial charge in [0.1, 0.15) is 5.75 Å². The summed E-state index contributed by atoms with van der Waals surface area (Å²) in [4.78, 5) is 0. The van der Waals surface area contributed by atoms with E-state index in [-0.39, 0.29) is 0 Å². The van der Waals surface area contributed by atoms with E-state index in [2.05, 4.69) is 6.07 Å². The predicted molar refractivity (Wildman–Crippen MR) is 59.8 cm³/mol. The third-order valence-electron chi connectivity index (χ3n) is 2.41. The second-order valence-electron chi connectivity index (χ2n) is 3.35. The van der Waals surface area contributed by atoms with E-state index in [1.807, 2.05) is 36.4 Å². The number of hydrogen-bond donors (Lipinski definition) is 0. The summed E-state index contributed by atoms with van der Waals surface area (Å²) in [6, 6.07) is 14.1. The normalized spacial score (nSPS) is 9.87. The van der Waals surface area contributed by atoms with Crippen molar-refractivity contribution in [3.63, 3.8) is 0 Å². The van der Waals surface area contributed by atoms with Gasteiger partial charge in [-0.15, -0.1) is 0 Å². The molecule has 0 aromatic heterocycles. The number of fused-ring (bicyclic) bond motifs is 1. The molecule has 15 heavy (non-hydrogen) atoms. The van der Waals surface area contributed by atoms with Crippen LogP contribution in [0.25, 0.3) is 10.8 Å². The zero-order valence-corrected chi connectivity index (χ0v) is 8.53. The number of methoxy groups -OCH3 is 1. The van der Waals surface area contributed by atoms with Crippen molar-refractivity contribution in [1.29, 1.82) is 5.26 Å². The van der Waals surface area contributed by atoms with E-state index in [0.29, 0.717) is 6.42 Å². The minimum absolute atomic E-state index is 0.452. The smallest absolute Gasteiger partial charge is 0.126 e. The second kappa shape index (κ2) is 4.02. The van der Waals surface area contributed by atoms with E-state index in [1.165, 1.54) is 0 Å². The minimum Gasteiger partial charge on any atom is -0.496 e. The van der Waals surface area contributed by atoms with Gasteiger partial charge in [-0.25, -0.2) is 0 Å². The van der Waals surface area contributed by atoms with Crippen molar-refractivity contribution in [2.24, 2.45) is 0 Å². The quantitative estimate of drug-likeness (QED) is 0.741. The largest absolute Gasteiger partial charge is 0.496 e. The van der Waals surface area contributed by atoms with Crippen LogP contribution in [0.2, 0.25) is 0 Å². The first-order valence-corrected chi connectivity index (χ1v) is 4.78. The Labute approximate surface area is 88.7 Å². The van der Waals surface area contributed by atoms with Crippen LogP contribution in [0.15, 0.2) is 36.4 Å². The number of ether oxygens (including phenoxy) is 1. The molecule has 0 unspecified atom stereocenters. The number of nitriles is 1. The lowest BCUT2D eigenvalue weighted by Gasteiger charge is -2.05. The number of hydrogen-bond acceptors (Lipinski definition) is 2. The summed E-state index contributed by atoms with van der Waals surface area (Å²) in [6.07, 6.45) is 0.452. The van der Waals surface area contributed by atoms with Gasteiger partial charge in [0.15, 0.2) is 0 Å². The van der Waals surface area contributed by atoms with E-state index < -0.39 is 0 Å². The monoisotopic (exact) mass is 197 g/mol. The van der Waals surface area contributed by atoms with Crippen molar-refractivity contribution in [3.05, 3.63) is 42.0 Å². The SMILES string of the molecule is COc1cccc2cc(CC#N)ccc12. The first-order valence-electron chi connectivity index (χ1n) is 4.78. The molecule has 74 valence electrons. The maximum Gasteiger partial charge on any atom is 0.126 e. The highest BCUT2D eigenvalue weighted by Gasteiger charge is 2.01. The molecule has 2 rings (SSSR count). The van der Waals surface area contributed by atoms with Gasteiger partial charge < -0.3 is 4.74 Å². The molecule has 0 atom stereocenters. The first kappa shape index (κ1) is 9.54. The molecule has 0 saturated heterocycles. The van der Waals surface area contributed by atoms with Gasteiger partial charge >= 0.3 is 0 Å². The van der Waals surface area contributed by atoms with Crippen LogP contribution in [0.1, 0.15) is 5.56 Å². The molecule has 2 nitrogen and oxygen atoms in total. The van der Waals surface area contributed by atoms with Crippen molar-refractivity contribution in [3.8, 4) is 11.8 Å². The van der Waals surface area contributed by atoms with E-state index in [1.54, 1.807) is 7.11 Å². The van der Waals surface area contributed by atoms with Gasteiger partial charge in [0, 0.05) is 5.39 Å². The molecule has 0 N–H and O–H groups in total. The molecule has 0 heterocycles. The van der Waals surface area contributed by atoms with Gasteiger partial charge in [0.05, 0.1) is 19.6 Å². The summed E-state index contributed by atoms with van der Waals surface area (Å²) in [5.41, 5.74) is 1.04. The molecular weight excluding hydrogens is 186 g/mol. The van der Waals surface area contributed by atoms with Crippen LogP contribution < -0.4 is 4.74 Å². The Morgan fingerprint density at radius 1 is 1.27 bits per heavy atom. The van der Waals surface area contributed by atoms with Crippen molar-refractivity contribution in [2.75, 3.05) is 7.11 Å². The van der Waals surface area contributed by atoms with Gasteiger partial charge in [0.25, 0.3) is 0 Å². The summed E-state index contributed by atoms with van der Waals surface area (Å²) in [5, 5.41) is 10.8. The Bertz CT molecular complexity index is 526. The maximum atomic E-state index is 8.62. The first-order chi connectivity index (χ1) is 7.35. The highest BCUT2D eigenvalue weighted by atomic mass is 16.5. The van der Waals surface area contributed by atoms with Crippen LogP contribution in [0.5, 0.6) is 5.75 Å². The van der Waals surface area contributed by atoms with Crippen LogP contribution in [0.3, 0.4) is 0 Å². The molecule has 0 spiro atoms. The molecule has 0 aliphatic heterocycles. The molecule has 0 saturated carbocycles. The third-order valence-corrected chi connectivity index (χ3v) is 2.41. The average molecular weight is 197 g/mol. The van der Waals surface area contributed by atoms with Gasteiger partial charge in [0.2, 0.25) is 0 Å². The Morgan fingerprint density at radius 2 is 2.13 bits per heavy atom. The van der Waals surface area contributed by atoms with Crippen LogP contribution in [-0.4, -0.2) is 7.11 Å². The molecule has 2 aromatic carbocycles. The molecule has 0 aliphatic carbocycles. The van der Waals surface area contributed by atoms with Gasteiger partial charge in [-0.05, 0) is 23.1 Å². The Hall–Kier alpha value is -2.01. The van der Waals surface area contributed by atoms with Crippen LogP contribution in [-0.2, 0) is 6.42 Å². The van der Waals surface area contributed by atoms with Crippen molar-refractivity contribution < 1.29 is 4.74 Å². The summed E-state index contributed by atoms with van der Waals surface area (Å²) in [7, 11) is 1.66. The summed E-state index contributed by atoms with van der Waals surface area (Å²) in [5.74, 6) is 0.871. The summed E-state index contributed by atoms with van der Waals surface area (Å²) in [6.45, 7) is 0. The maximum absolute atomic E-state index is 8.62. The van der Waals surface area contributed by atoms with E-state index in [9.17, 15) is 0 Å².